The van der Waals surface area contributed by atoms with E-state index in [1.165, 1.54) is 0 Å². The molecule has 1 fully saturated rings. The Kier molecular flexibility index (Phi) is 4.03. The normalized spacial score (nSPS) is 15.6. The number of halogens is 1. The summed E-state index contributed by atoms with van der Waals surface area (Å²) < 4.78 is 2.16. The van der Waals surface area contributed by atoms with Gasteiger partial charge in [-0.25, -0.2) is 0 Å². The van der Waals surface area contributed by atoms with Crippen molar-refractivity contribution in [2.75, 3.05) is 0 Å². The zero-order valence-electron chi connectivity index (χ0n) is 13.1. The highest BCUT2D eigenvalue weighted by Crippen LogP contribution is 2.25. The van der Waals surface area contributed by atoms with Crippen molar-refractivity contribution in [2.24, 2.45) is 0 Å². The number of aromatic nitrogens is 1. The van der Waals surface area contributed by atoms with Crippen LogP contribution in [0.25, 0.3) is 17.0 Å². The molecule has 0 atom stereocenters. The molecule has 4 nitrogen and oxygen atoms in total. The van der Waals surface area contributed by atoms with Crippen molar-refractivity contribution in [2.45, 2.75) is 6.54 Å². The van der Waals surface area contributed by atoms with Gasteiger partial charge in [0.25, 0.3) is 5.91 Å². The first-order chi connectivity index (χ1) is 12.1. The van der Waals surface area contributed by atoms with Crippen molar-refractivity contribution in [3.8, 4) is 0 Å². The van der Waals surface area contributed by atoms with Crippen molar-refractivity contribution >= 4 is 51.8 Å². The summed E-state index contributed by atoms with van der Waals surface area (Å²) in [6.45, 7) is 0.721. The van der Waals surface area contributed by atoms with Gasteiger partial charge in [0.2, 0.25) is 0 Å². The number of para-hydroxylation sites is 1. The number of nitrogens with zero attached hydrogens (tertiary/aromatic N) is 1. The highest BCUT2D eigenvalue weighted by Gasteiger charge is 2.20. The monoisotopic (exact) mass is 367 g/mol. The number of thiocarbonyl (C=S) groups is 1. The van der Waals surface area contributed by atoms with Gasteiger partial charge in [0.05, 0.1) is 0 Å². The van der Waals surface area contributed by atoms with E-state index in [2.05, 4.69) is 21.3 Å². The largest absolute Gasteiger partial charge is 0.342 e. The van der Waals surface area contributed by atoms with E-state index < -0.39 is 0 Å². The van der Waals surface area contributed by atoms with E-state index in [1.54, 1.807) is 0 Å². The van der Waals surface area contributed by atoms with Crippen LogP contribution in [-0.2, 0) is 11.3 Å². The van der Waals surface area contributed by atoms with Gasteiger partial charge in [0.1, 0.15) is 5.70 Å². The number of benzene rings is 2. The molecule has 1 aliphatic heterocycles. The van der Waals surface area contributed by atoms with E-state index >= 15 is 0 Å². The molecule has 2 heterocycles. The van der Waals surface area contributed by atoms with Crippen LogP contribution in [0.15, 0.2) is 60.4 Å². The standard InChI is InChI=1S/C19H14ClN3OS/c20-14-7-5-12(6-8-14)10-23-11-13(15-3-1-2-4-17(15)23)9-16-18(24)22-19(25)21-16/h1-9,11H,10H2,(H2,21,22,24,25)/b16-9+. The molecule has 1 amide bonds. The molecule has 1 aliphatic rings. The number of amides is 1. The number of rotatable bonds is 3. The molecule has 2 aromatic carbocycles. The summed E-state index contributed by atoms with van der Waals surface area (Å²) in [5, 5.41) is 7.61. The topological polar surface area (TPSA) is 46.1 Å². The summed E-state index contributed by atoms with van der Waals surface area (Å²) in [4.78, 5) is 11.9. The van der Waals surface area contributed by atoms with Crippen LogP contribution < -0.4 is 10.6 Å². The van der Waals surface area contributed by atoms with Gasteiger partial charge in [-0.3, -0.25) is 10.1 Å². The Balaban J connectivity index is 1.76. The van der Waals surface area contributed by atoms with Crippen LogP contribution >= 0.6 is 23.8 Å². The number of hydrogen-bond acceptors (Lipinski definition) is 2. The highest BCUT2D eigenvalue weighted by molar-refractivity contribution is 7.80. The predicted octanol–water partition coefficient (Wildman–Crippen LogP) is 3.69. The van der Waals surface area contributed by atoms with Crippen LogP contribution in [-0.4, -0.2) is 15.6 Å². The Morgan fingerprint density at radius 1 is 1.08 bits per heavy atom. The maximum Gasteiger partial charge on any atom is 0.273 e. The minimum atomic E-state index is -0.209. The SMILES string of the molecule is O=C1NC(=S)N/C1=C/c1cn(Cc2ccc(Cl)cc2)c2ccccc12. The molecule has 6 heteroatoms. The van der Waals surface area contributed by atoms with Gasteiger partial charge in [-0.05, 0) is 42.1 Å². The third-order valence-corrected chi connectivity index (χ3v) is 4.56. The Hall–Kier alpha value is -2.63. The second-order valence-electron chi connectivity index (χ2n) is 5.82. The Morgan fingerprint density at radius 3 is 2.56 bits per heavy atom. The lowest BCUT2D eigenvalue weighted by Gasteiger charge is -2.05. The van der Waals surface area contributed by atoms with E-state index in [4.69, 9.17) is 23.8 Å². The molecule has 2 N–H and O–H groups in total. The first-order valence-corrected chi connectivity index (χ1v) is 8.55. The third kappa shape index (κ3) is 3.16. The number of carbonyl (C=O) groups is 1. The van der Waals surface area contributed by atoms with Gasteiger partial charge in [-0.1, -0.05) is 41.9 Å². The van der Waals surface area contributed by atoms with E-state index in [-0.39, 0.29) is 5.91 Å². The Labute approximate surface area is 155 Å². The summed E-state index contributed by atoms with van der Waals surface area (Å²) in [5.74, 6) is -0.209. The summed E-state index contributed by atoms with van der Waals surface area (Å²) >= 11 is 11.0. The smallest absolute Gasteiger partial charge is 0.273 e. The summed E-state index contributed by atoms with van der Waals surface area (Å²) in [5.41, 5.74) is 3.68. The minimum Gasteiger partial charge on any atom is -0.342 e. The van der Waals surface area contributed by atoms with Crippen LogP contribution in [0.4, 0.5) is 0 Å². The quantitative estimate of drug-likeness (QED) is 0.548. The van der Waals surface area contributed by atoms with Crippen LogP contribution in [0.3, 0.4) is 0 Å². The van der Waals surface area contributed by atoms with E-state index in [1.807, 2.05) is 54.7 Å². The van der Waals surface area contributed by atoms with Crippen molar-refractivity contribution in [1.29, 1.82) is 0 Å². The zero-order valence-corrected chi connectivity index (χ0v) is 14.7. The van der Waals surface area contributed by atoms with Crippen molar-refractivity contribution in [3.05, 3.63) is 76.6 Å². The predicted molar refractivity (Wildman–Crippen MR) is 104 cm³/mol. The second-order valence-corrected chi connectivity index (χ2v) is 6.67. The molecule has 4 rings (SSSR count). The summed E-state index contributed by atoms with van der Waals surface area (Å²) in [6, 6.07) is 15.9. The van der Waals surface area contributed by atoms with Gasteiger partial charge in [-0.15, -0.1) is 0 Å². The fourth-order valence-electron chi connectivity index (χ4n) is 2.95. The molecule has 1 aromatic heterocycles. The Morgan fingerprint density at radius 2 is 1.84 bits per heavy atom. The van der Waals surface area contributed by atoms with Gasteiger partial charge >= 0.3 is 0 Å². The van der Waals surface area contributed by atoms with Crippen molar-refractivity contribution in [3.63, 3.8) is 0 Å². The molecule has 0 radical (unpaired) electrons. The van der Waals surface area contributed by atoms with Crippen molar-refractivity contribution in [1.82, 2.24) is 15.2 Å². The summed E-state index contributed by atoms with van der Waals surface area (Å²) in [6.07, 6.45) is 3.87. The molecule has 0 unspecified atom stereocenters. The highest BCUT2D eigenvalue weighted by atomic mass is 35.5. The lowest BCUT2D eigenvalue weighted by molar-refractivity contribution is -0.115. The third-order valence-electron chi connectivity index (χ3n) is 4.11. The maximum absolute atomic E-state index is 11.9. The molecule has 124 valence electrons. The fraction of sp³-hybridized carbons (Fsp3) is 0.0526. The number of nitrogens with one attached hydrogen (secondary N) is 2. The van der Waals surface area contributed by atoms with Crippen LogP contribution in [0.1, 0.15) is 11.1 Å². The first kappa shape index (κ1) is 15.9. The fourth-order valence-corrected chi connectivity index (χ4v) is 3.27. The number of hydrogen-bond donors (Lipinski definition) is 2. The lowest BCUT2D eigenvalue weighted by Crippen LogP contribution is -2.21. The molecular weight excluding hydrogens is 354 g/mol. The average Bonchev–Trinajstić information content (AvgIpc) is 3.10. The van der Waals surface area contributed by atoms with E-state index in [9.17, 15) is 4.79 Å². The van der Waals surface area contributed by atoms with Gasteiger partial charge in [0.15, 0.2) is 5.11 Å². The molecular formula is C19H14ClN3OS. The molecule has 0 aliphatic carbocycles. The van der Waals surface area contributed by atoms with Crippen LogP contribution in [0, 0.1) is 0 Å². The molecule has 25 heavy (non-hydrogen) atoms. The lowest BCUT2D eigenvalue weighted by atomic mass is 10.1. The number of carbonyl (C=O) groups excluding carboxylic acids is 1. The van der Waals surface area contributed by atoms with Crippen molar-refractivity contribution < 1.29 is 4.79 Å². The van der Waals surface area contributed by atoms with E-state index in [0.717, 1.165) is 33.6 Å². The molecule has 1 saturated heterocycles. The Bertz CT molecular complexity index is 1020. The molecule has 0 saturated carbocycles. The average molecular weight is 368 g/mol. The van der Waals surface area contributed by atoms with Crippen LogP contribution in [0.5, 0.6) is 0 Å². The van der Waals surface area contributed by atoms with Gasteiger partial charge < -0.3 is 9.88 Å². The maximum atomic E-state index is 11.9. The second kappa shape index (κ2) is 6.35. The van der Waals surface area contributed by atoms with Gasteiger partial charge in [-0.2, -0.15) is 0 Å². The molecule has 0 bridgehead atoms. The van der Waals surface area contributed by atoms with Crippen LogP contribution in [0.2, 0.25) is 5.02 Å². The van der Waals surface area contributed by atoms with E-state index in [0.29, 0.717) is 10.8 Å². The first-order valence-electron chi connectivity index (χ1n) is 7.76. The molecule has 3 aromatic rings. The van der Waals surface area contributed by atoms with Gasteiger partial charge in [0, 0.05) is 34.2 Å². The zero-order chi connectivity index (χ0) is 17.4. The number of fused-ring (bicyclic) bond motifs is 1. The summed E-state index contributed by atoms with van der Waals surface area (Å²) in [7, 11) is 0. The minimum absolute atomic E-state index is 0.209. The molecule has 0 spiro atoms.